The number of hydrogen-bond acceptors (Lipinski definition) is 2. The normalized spacial score (nSPS) is 10.6. The lowest BCUT2D eigenvalue weighted by atomic mass is 10.1. The van der Waals surface area contributed by atoms with Crippen molar-refractivity contribution in [2.45, 2.75) is 6.92 Å². The number of halogens is 2. The molecule has 0 aliphatic carbocycles. The van der Waals surface area contributed by atoms with Crippen molar-refractivity contribution in [1.29, 1.82) is 0 Å². The van der Waals surface area contributed by atoms with Crippen LogP contribution < -0.4 is 0 Å². The lowest BCUT2D eigenvalue weighted by Gasteiger charge is -2.04. The summed E-state index contributed by atoms with van der Waals surface area (Å²) in [4.78, 5) is 12.2. The Morgan fingerprint density at radius 3 is 2.53 bits per heavy atom. The zero-order valence-corrected chi connectivity index (χ0v) is 10.9. The molecule has 0 radical (unpaired) electrons. The first-order valence-corrected chi connectivity index (χ1v) is 5.74. The Morgan fingerprint density at radius 1 is 1.29 bits per heavy atom. The van der Waals surface area contributed by atoms with Gasteiger partial charge in [-0.05, 0) is 30.7 Å². The zero-order valence-electron chi connectivity index (χ0n) is 9.37. The van der Waals surface area contributed by atoms with Gasteiger partial charge in [-0.15, -0.1) is 0 Å². The minimum Gasteiger partial charge on any atom is -0.287 e. The third-order valence-electron chi connectivity index (χ3n) is 2.41. The average Bonchev–Trinajstić information content (AvgIpc) is 2.56. The van der Waals surface area contributed by atoms with Gasteiger partial charge >= 0.3 is 0 Å². The molecule has 2 rings (SSSR count). The van der Waals surface area contributed by atoms with Crippen LogP contribution in [-0.4, -0.2) is 15.6 Å². The summed E-state index contributed by atoms with van der Waals surface area (Å²) in [6.45, 7) is 1.88. The third-order valence-corrected chi connectivity index (χ3v) is 2.91. The lowest BCUT2D eigenvalue weighted by molar-refractivity contribution is 0.103. The number of carbonyl (C=O) groups excluding carboxylic acids is 1. The van der Waals surface area contributed by atoms with Crippen LogP contribution in [0, 0.1) is 6.92 Å². The van der Waals surface area contributed by atoms with Gasteiger partial charge in [0.2, 0.25) is 5.78 Å². The lowest BCUT2D eigenvalue weighted by Crippen LogP contribution is -2.09. The SMILES string of the molecule is Cc1cc(Cl)cc(C(=O)c2c(Cl)cnn2C)c1. The van der Waals surface area contributed by atoms with Crippen LogP contribution in [0.5, 0.6) is 0 Å². The second-order valence-electron chi connectivity index (χ2n) is 3.81. The summed E-state index contributed by atoms with van der Waals surface area (Å²) < 4.78 is 1.46. The molecule has 0 aliphatic heterocycles. The molecule has 0 saturated carbocycles. The van der Waals surface area contributed by atoms with Gasteiger partial charge in [-0.2, -0.15) is 5.10 Å². The molecule has 0 spiro atoms. The number of hydrogen-bond donors (Lipinski definition) is 0. The first kappa shape index (κ1) is 12.1. The van der Waals surface area contributed by atoms with Crippen LogP contribution in [0.15, 0.2) is 24.4 Å². The monoisotopic (exact) mass is 268 g/mol. The summed E-state index contributed by atoms with van der Waals surface area (Å²) in [7, 11) is 1.68. The summed E-state index contributed by atoms with van der Waals surface area (Å²) in [5.74, 6) is -0.180. The summed E-state index contributed by atoms with van der Waals surface area (Å²) in [5.41, 5.74) is 1.81. The van der Waals surface area contributed by atoms with Gasteiger partial charge in [0, 0.05) is 17.6 Å². The van der Waals surface area contributed by atoms with E-state index in [1.807, 2.05) is 6.92 Å². The molecule has 0 saturated heterocycles. The van der Waals surface area contributed by atoms with Crippen molar-refractivity contribution in [3.63, 3.8) is 0 Å². The van der Waals surface area contributed by atoms with Gasteiger partial charge in [-0.3, -0.25) is 9.48 Å². The molecule has 1 aromatic carbocycles. The molecule has 1 heterocycles. The van der Waals surface area contributed by atoms with Gasteiger partial charge in [-0.1, -0.05) is 23.2 Å². The molecule has 0 aliphatic rings. The quantitative estimate of drug-likeness (QED) is 0.784. The summed E-state index contributed by atoms with van der Waals surface area (Å²) in [5, 5.41) is 4.82. The average molecular weight is 269 g/mol. The molecule has 0 N–H and O–H groups in total. The van der Waals surface area contributed by atoms with Crippen LogP contribution >= 0.6 is 23.2 Å². The number of carbonyl (C=O) groups is 1. The van der Waals surface area contributed by atoms with Gasteiger partial charge in [0.15, 0.2) is 0 Å². The minimum absolute atomic E-state index is 0.180. The van der Waals surface area contributed by atoms with Crippen molar-refractivity contribution in [3.05, 3.63) is 51.3 Å². The summed E-state index contributed by atoms with van der Waals surface area (Å²) >= 11 is 11.9. The first-order valence-electron chi connectivity index (χ1n) is 4.98. The Bertz CT molecular complexity index is 550. The largest absolute Gasteiger partial charge is 0.287 e. The van der Waals surface area contributed by atoms with E-state index in [0.29, 0.717) is 21.3 Å². The maximum Gasteiger partial charge on any atom is 0.212 e. The molecule has 0 unspecified atom stereocenters. The molecule has 0 fully saturated rings. The van der Waals surface area contributed by atoms with E-state index in [1.54, 1.807) is 25.2 Å². The molecule has 0 bridgehead atoms. The Labute approximate surface area is 109 Å². The molecule has 3 nitrogen and oxygen atoms in total. The molecule has 2 aromatic rings. The van der Waals surface area contributed by atoms with Gasteiger partial charge in [0.05, 0.1) is 11.2 Å². The zero-order chi connectivity index (χ0) is 12.6. The molecular weight excluding hydrogens is 259 g/mol. The fourth-order valence-corrected chi connectivity index (χ4v) is 2.21. The van der Waals surface area contributed by atoms with E-state index in [9.17, 15) is 4.79 Å². The fraction of sp³-hybridized carbons (Fsp3) is 0.167. The van der Waals surface area contributed by atoms with E-state index >= 15 is 0 Å². The van der Waals surface area contributed by atoms with Crippen molar-refractivity contribution in [3.8, 4) is 0 Å². The number of benzene rings is 1. The summed E-state index contributed by atoms with van der Waals surface area (Å²) in [6, 6.07) is 5.20. The minimum atomic E-state index is -0.180. The van der Waals surface area contributed by atoms with Gasteiger partial charge in [0.25, 0.3) is 0 Å². The van der Waals surface area contributed by atoms with Gasteiger partial charge in [-0.25, -0.2) is 0 Å². The number of aromatic nitrogens is 2. The Kier molecular flexibility index (Phi) is 3.22. The molecule has 0 atom stereocenters. The van der Waals surface area contributed by atoms with Crippen molar-refractivity contribution in [1.82, 2.24) is 9.78 Å². The maximum atomic E-state index is 12.2. The van der Waals surface area contributed by atoms with E-state index in [4.69, 9.17) is 23.2 Å². The van der Waals surface area contributed by atoms with Crippen molar-refractivity contribution < 1.29 is 4.79 Å². The molecular formula is C12H10Cl2N2O. The number of aryl methyl sites for hydroxylation is 2. The van der Waals surface area contributed by atoms with E-state index in [1.165, 1.54) is 10.9 Å². The second kappa shape index (κ2) is 4.51. The highest BCUT2D eigenvalue weighted by atomic mass is 35.5. The number of ketones is 1. The van der Waals surface area contributed by atoms with Crippen LogP contribution in [0.25, 0.3) is 0 Å². The predicted octanol–water partition coefficient (Wildman–Crippen LogP) is 3.27. The van der Waals surface area contributed by atoms with Crippen LogP contribution in [0.1, 0.15) is 21.6 Å². The Balaban J connectivity index is 2.51. The number of nitrogens with zero attached hydrogens (tertiary/aromatic N) is 2. The topological polar surface area (TPSA) is 34.9 Å². The molecule has 88 valence electrons. The predicted molar refractivity (Wildman–Crippen MR) is 67.8 cm³/mol. The van der Waals surface area contributed by atoms with Crippen LogP contribution in [-0.2, 0) is 7.05 Å². The van der Waals surface area contributed by atoms with Crippen molar-refractivity contribution in [2.75, 3.05) is 0 Å². The maximum absolute atomic E-state index is 12.2. The Morgan fingerprint density at radius 2 is 2.00 bits per heavy atom. The summed E-state index contributed by atoms with van der Waals surface area (Å²) in [6.07, 6.45) is 1.45. The van der Waals surface area contributed by atoms with Gasteiger partial charge in [0.1, 0.15) is 5.69 Å². The van der Waals surface area contributed by atoms with Crippen LogP contribution in [0.2, 0.25) is 10.0 Å². The highest BCUT2D eigenvalue weighted by Gasteiger charge is 2.18. The van der Waals surface area contributed by atoms with Crippen molar-refractivity contribution >= 4 is 29.0 Å². The van der Waals surface area contributed by atoms with E-state index in [0.717, 1.165) is 5.56 Å². The van der Waals surface area contributed by atoms with Crippen LogP contribution in [0.4, 0.5) is 0 Å². The van der Waals surface area contributed by atoms with Crippen molar-refractivity contribution in [2.24, 2.45) is 7.05 Å². The van der Waals surface area contributed by atoms with Crippen LogP contribution in [0.3, 0.4) is 0 Å². The molecule has 17 heavy (non-hydrogen) atoms. The molecule has 1 aromatic heterocycles. The van der Waals surface area contributed by atoms with E-state index in [2.05, 4.69) is 5.10 Å². The Hall–Kier alpha value is -1.32. The van der Waals surface area contributed by atoms with Gasteiger partial charge < -0.3 is 0 Å². The first-order chi connectivity index (χ1) is 7.99. The highest BCUT2D eigenvalue weighted by molar-refractivity contribution is 6.35. The second-order valence-corrected chi connectivity index (χ2v) is 4.65. The fourth-order valence-electron chi connectivity index (χ4n) is 1.67. The third kappa shape index (κ3) is 2.35. The van der Waals surface area contributed by atoms with E-state index in [-0.39, 0.29) is 5.78 Å². The molecule has 0 amide bonds. The standard InChI is InChI=1S/C12H10Cl2N2O/c1-7-3-8(5-9(13)4-7)12(17)11-10(14)6-15-16(11)2/h3-6H,1-2H3. The number of rotatable bonds is 2. The molecule has 5 heteroatoms. The van der Waals surface area contributed by atoms with E-state index < -0.39 is 0 Å². The highest BCUT2D eigenvalue weighted by Crippen LogP contribution is 2.21. The smallest absolute Gasteiger partial charge is 0.212 e.